The van der Waals surface area contributed by atoms with E-state index in [1.807, 2.05) is 11.4 Å². The molecule has 0 amide bonds. The zero-order chi connectivity index (χ0) is 14.0. The van der Waals surface area contributed by atoms with Gasteiger partial charge < -0.3 is 0 Å². The lowest BCUT2D eigenvalue weighted by molar-refractivity contribution is -0.137. The lowest BCUT2D eigenvalue weighted by Gasteiger charge is -2.06. The highest BCUT2D eigenvalue weighted by atomic mass is 79.9. The molecule has 0 unspecified atom stereocenters. The molecule has 0 saturated carbocycles. The molecule has 0 aliphatic carbocycles. The van der Waals surface area contributed by atoms with Crippen molar-refractivity contribution in [2.75, 3.05) is 0 Å². The number of hydrogen-bond donors (Lipinski definition) is 0. The highest BCUT2D eigenvalue weighted by Crippen LogP contribution is 2.29. The molecule has 0 atom stereocenters. The second-order valence-corrected chi connectivity index (χ2v) is 5.58. The molecule has 0 bridgehead atoms. The summed E-state index contributed by atoms with van der Waals surface area (Å²) in [5.41, 5.74) is -0.824. The molecule has 0 aromatic carbocycles. The van der Waals surface area contributed by atoms with Crippen LogP contribution in [0.2, 0.25) is 0 Å². The molecule has 2 nitrogen and oxygen atoms in total. The Morgan fingerprint density at radius 1 is 1.32 bits per heavy atom. The van der Waals surface area contributed by atoms with Gasteiger partial charge in [0.05, 0.1) is 5.56 Å². The van der Waals surface area contributed by atoms with Gasteiger partial charge in [-0.15, -0.1) is 11.3 Å². The van der Waals surface area contributed by atoms with E-state index in [0.29, 0.717) is 6.20 Å². The predicted octanol–water partition coefficient (Wildman–Crippen LogP) is 4.35. The van der Waals surface area contributed by atoms with Gasteiger partial charge in [0.15, 0.2) is 5.78 Å². The van der Waals surface area contributed by atoms with Crippen LogP contribution in [0.3, 0.4) is 0 Å². The number of rotatable bonds is 3. The van der Waals surface area contributed by atoms with Crippen molar-refractivity contribution >= 4 is 33.0 Å². The van der Waals surface area contributed by atoms with E-state index in [0.717, 1.165) is 21.5 Å². The first kappa shape index (κ1) is 14.2. The minimum Gasteiger partial charge on any atom is -0.292 e. The minimum absolute atomic E-state index is 0.0355. The van der Waals surface area contributed by atoms with Crippen LogP contribution in [0.5, 0.6) is 0 Å². The summed E-state index contributed by atoms with van der Waals surface area (Å²) in [7, 11) is 0. The number of halogens is 4. The standard InChI is InChI=1S/C12H7BrF3NOS/c13-8-3-4-19-11(8)5-10(18)9-2-1-7(6-17-9)12(14,15)16/h1-4,6H,5H2. The maximum atomic E-state index is 12.3. The van der Waals surface area contributed by atoms with Crippen LogP contribution in [-0.2, 0) is 12.6 Å². The molecule has 19 heavy (non-hydrogen) atoms. The topological polar surface area (TPSA) is 30.0 Å². The summed E-state index contributed by atoms with van der Waals surface area (Å²) in [6.45, 7) is 0. The molecule has 7 heteroatoms. The Morgan fingerprint density at radius 2 is 2.05 bits per heavy atom. The number of hydrogen-bond acceptors (Lipinski definition) is 3. The largest absolute Gasteiger partial charge is 0.417 e. The maximum Gasteiger partial charge on any atom is 0.417 e. The minimum atomic E-state index is -4.44. The summed E-state index contributed by atoms with van der Waals surface area (Å²) in [5, 5.41) is 1.83. The normalized spacial score (nSPS) is 11.6. The van der Waals surface area contributed by atoms with Crippen molar-refractivity contribution in [2.24, 2.45) is 0 Å². The number of alkyl halides is 3. The lowest BCUT2D eigenvalue weighted by atomic mass is 10.1. The molecule has 0 radical (unpaired) electrons. The molecule has 2 aromatic heterocycles. The fourth-order valence-corrected chi connectivity index (χ4v) is 2.91. The van der Waals surface area contributed by atoms with E-state index in [1.165, 1.54) is 11.3 Å². The molecule has 0 aliphatic rings. The monoisotopic (exact) mass is 349 g/mol. The number of thiophene rings is 1. The number of ketones is 1. The van der Waals surface area contributed by atoms with Gasteiger partial charge in [0.2, 0.25) is 0 Å². The number of carbonyl (C=O) groups is 1. The smallest absolute Gasteiger partial charge is 0.292 e. The van der Waals surface area contributed by atoms with Crippen LogP contribution in [0.1, 0.15) is 20.9 Å². The Bertz CT molecular complexity index is 592. The van der Waals surface area contributed by atoms with E-state index in [4.69, 9.17) is 0 Å². The van der Waals surface area contributed by atoms with E-state index in [9.17, 15) is 18.0 Å². The average Bonchev–Trinajstić information content (AvgIpc) is 2.74. The van der Waals surface area contributed by atoms with Gasteiger partial charge in [0.25, 0.3) is 0 Å². The summed E-state index contributed by atoms with van der Waals surface area (Å²) in [6.07, 6.45) is -3.64. The molecule has 0 N–H and O–H groups in total. The SMILES string of the molecule is O=C(Cc1sccc1Br)c1ccc(C(F)(F)F)cn1. The van der Waals surface area contributed by atoms with Gasteiger partial charge in [-0.25, -0.2) is 0 Å². The molecule has 100 valence electrons. The van der Waals surface area contributed by atoms with Crippen LogP contribution < -0.4 is 0 Å². The van der Waals surface area contributed by atoms with Crippen LogP contribution in [0.4, 0.5) is 13.2 Å². The molecule has 0 spiro atoms. The van der Waals surface area contributed by atoms with Gasteiger partial charge in [-0.1, -0.05) is 0 Å². The van der Waals surface area contributed by atoms with Crippen LogP contribution in [0, 0.1) is 0 Å². The van der Waals surface area contributed by atoms with Crippen LogP contribution in [0.15, 0.2) is 34.2 Å². The molecule has 2 heterocycles. The Balaban J connectivity index is 2.14. The van der Waals surface area contributed by atoms with E-state index in [1.54, 1.807) is 0 Å². The lowest BCUT2D eigenvalue weighted by Crippen LogP contribution is -2.09. The molecule has 0 aliphatic heterocycles. The van der Waals surface area contributed by atoms with Gasteiger partial charge >= 0.3 is 6.18 Å². The van der Waals surface area contributed by atoms with Crippen molar-refractivity contribution in [3.05, 3.63) is 50.4 Å². The van der Waals surface area contributed by atoms with Crippen molar-refractivity contribution in [3.63, 3.8) is 0 Å². The fourth-order valence-electron chi connectivity index (χ4n) is 1.41. The first-order valence-corrected chi connectivity index (χ1v) is 6.83. The summed E-state index contributed by atoms with van der Waals surface area (Å²) in [5.74, 6) is -0.308. The molecule has 2 rings (SSSR count). The summed E-state index contributed by atoms with van der Waals surface area (Å²) < 4.78 is 37.9. The summed E-state index contributed by atoms with van der Waals surface area (Å²) in [4.78, 5) is 16.3. The first-order chi connectivity index (χ1) is 8.88. The van der Waals surface area contributed by atoms with Gasteiger partial charge in [-0.2, -0.15) is 13.2 Å². The second kappa shape index (κ2) is 5.42. The number of carbonyl (C=O) groups excluding carboxylic acids is 1. The molecule has 0 fully saturated rings. The van der Waals surface area contributed by atoms with Crippen molar-refractivity contribution in [1.82, 2.24) is 4.98 Å². The number of aromatic nitrogens is 1. The summed E-state index contributed by atoms with van der Waals surface area (Å²) >= 11 is 4.70. The molecular weight excluding hydrogens is 343 g/mol. The van der Waals surface area contributed by atoms with Crippen LogP contribution in [-0.4, -0.2) is 10.8 Å². The van der Waals surface area contributed by atoms with Crippen LogP contribution >= 0.6 is 27.3 Å². The Kier molecular flexibility index (Phi) is 4.05. The summed E-state index contributed by atoms with van der Waals surface area (Å²) in [6, 6.07) is 3.78. The number of nitrogens with zero attached hydrogens (tertiary/aromatic N) is 1. The second-order valence-electron chi connectivity index (χ2n) is 3.72. The predicted molar refractivity (Wildman–Crippen MR) is 69.3 cm³/mol. The zero-order valence-electron chi connectivity index (χ0n) is 9.37. The van der Waals surface area contributed by atoms with E-state index < -0.39 is 11.7 Å². The highest BCUT2D eigenvalue weighted by molar-refractivity contribution is 9.10. The fraction of sp³-hybridized carbons (Fsp3) is 0.167. The van der Waals surface area contributed by atoms with E-state index in [2.05, 4.69) is 20.9 Å². The zero-order valence-corrected chi connectivity index (χ0v) is 11.8. The number of pyridine rings is 1. The average molecular weight is 350 g/mol. The molecule has 0 saturated heterocycles. The third kappa shape index (κ3) is 3.42. The third-order valence-corrected chi connectivity index (χ3v) is 4.31. The molecular formula is C12H7BrF3NOS. The van der Waals surface area contributed by atoms with Gasteiger partial charge in [-0.3, -0.25) is 9.78 Å². The Labute approximate surface area is 119 Å². The number of Topliss-reactive ketones (excluding diaryl/α,β-unsaturated/α-hetero) is 1. The third-order valence-electron chi connectivity index (χ3n) is 2.39. The van der Waals surface area contributed by atoms with Crippen LogP contribution in [0.25, 0.3) is 0 Å². The van der Waals surface area contributed by atoms with E-state index >= 15 is 0 Å². The maximum absolute atomic E-state index is 12.3. The Morgan fingerprint density at radius 3 is 2.53 bits per heavy atom. The van der Waals surface area contributed by atoms with Gasteiger partial charge in [0, 0.05) is 22.0 Å². The first-order valence-electron chi connectivity index (χ1n) is 5.16. The Hall–Kier alpha value is -1.21. The highest BCUT2D eigenvalue weighted by Gasteiger charge is 2.30. The van der Waals surface area contributed by atoms with E-state index in [-0.39, 0.29) is 17.9 Å². The molecule has 2 aromatic rings. The van der Waals surface area contributed by atoms with Gasteiger partial charge in [0.1, 0.15) is 5.69 Å². The van der Waals surface area contributed by atoms with Crippen molar-refractivity contribution < 1.29 is 18.0 Å². The van der Waals surface area contributed by atoms with Crippen molar-refractivity contribution in [3.8, 4) is 0 Å². The quantitative estimate of drug-likeness (QED) is 0.771. The van der Waals surface area contributed by atoms with Crippen molar-refractivity contribution in [2.45, 2.75) is 12.6 Å². The van der Waals surface area contributed by atoms with Gasteiger partial charge in [-0.05, 0) is 39.5 Å². The van der Waals surface area contributed by atoms with Crippen molar-refractivity contribution in [1.29, 1.82) is 0 Å².